The van der Waals surface area contributed by atoms with Crippen molar-refractivity contribution in [3.05, 3.63) is 65.2 Å². The van der Waals surface area contributed by atoms with Crippen molar-refractivity contribution in [2.45, 2.75) is 32.6 Å². The van der Waals surface area contributed by atoms with E-state index in [0.717, 1.165) is 68.5 Å². The first kappa shape index (κ1) is 22.9. The monoisotopic (exact) mass is 451 g/mol. The summed E-state index contributed by atoms with van der Waals surface area (Å²) < 4.78 is 5.45. The fourth-order valence-corrected chi connectivity index (χ4v) is 5.04. The van der Waals surface area contributed by atoms with Gasteiger partial charge in [0.15, 0.2) is 5.13 Å². The zero-order chi connectivity index (χ0) is 22.2. The van der Waals surface area contributed by atoms with E-state index in [0.29, 0.717) is 18.9 Å². The fraction of sp³-hybridized carbons (Fsp3) is 0.462. The van der Waals surface area contributed by atoms with Crippen LogP contribution in [-0.2, 0) is 16.0 Å². The molecule has 2 aromatic rings. The van der Waals surface area contributed by atoms with Gasteiger partial charge in [0.1, 0.15) is 0 Å². The van der Waals surface area contributed by atoms with Gasteiger partial charge in [0.2, 0.25) is 5.91 Å². The van der Waals surface area contributed by atoms with Crippen molar-refractivity contribution in [3.8, 4) is 0 Å². The smallest absolute Gasteiger partial charge is 0.229 e. The van der Waals surface area contributed by atoms with E-state index in [4.69, 9.17) is 9.72 Å². The molecule has 0 spiro atoms. The maximum Gasteiger partial charge on any atom is 0.229 e. The number of thiazole rings is 1. The van der Waals surface area contributed by atoms with Gasteiger partial charge in [0.25, 0.3) is 0 Å². The van der Waals surface area contributed by atoms with Crippen LogP contribution < -0.4 is 4.90 Å². The van der Waals surface area contributed by atoms with E-state index in [2.05, 4.69) is 47.6 Å². The van der Waals surface area contributed by atoms with Crippen molar-refractivity contribution >= 4 is 27.9 Å². The summed E-state index contributed by atoms with van der Waals surface area (Å²) in [6.45, 7) is 7.46. The summed E-state index contributed by atoms with van der Waals surface area (Å²) in [6, 6.07) is 10.2. The largest absolute Gasteiger partial charge is 0.379 e. The Bertz CT molecular complexity index is 932. The average Bonchev–Trinajstić information content (AvgIpc) is 3.32. The number of carbonyl (C=O) groups excluding carboxylic acids is 1. The number of hydrogen-bond acceptors (Lipinski definition) is 5. The highest BCUT2D eigenvalue weighted by atomic mass is 32.1. The summed E-state index contributed by atoms with van der Waals surface area (Å²) in [6.07, 6.45) is 9.90. The van der Waals surface area contributed by atoms with E-state index in [1.165, 1.54) is 5.56 Å². The van der Waals surface area contributed by atoms with Gasteiger partial charge in [-0.15, -0.1) is 11.3 Å². The van der Waals surface area contributed by atoms with E-state index < -0.39 is 0 Å². The number of aromatic nitrogens is 1. The third kappa shape index (κ3) is 6.37. The van der Waals surface area contributed by atoms with Crippen molar-refractivity contribution in [2.24, 2.45) is 5.92 Å². The Kier molecular flexibility index (Phi) is 8.26. The van der Waals surface area contributed by atoms with Gasteiger partial charge in [-0.1, -0.05) is 55.5 Å². The number of allylic oxidation sites excluding steroid dienone is 4. The molecule has 32 heavy (non-hydrogen) atoms. The maximum absolute atomic E-state index is 13.3. The lowest BCUT2D eigenvalue weighted by Gasteiger charge is -2.27. The van der Waals surface area contributed by atoms with Crippen molar-refractivity contribution in [1.29, 1.82) is 0 Å². The van der Waals surface area contributed by atoms with Gasteiger partial charge in [-0.05, 0) is 36.3 Å². The standard InChI is InChI=1S/C26H33N3O2S/c1-21-7-5-10-23(19-21)24-20-32-26(27-24)29(14-6-13-28-15-17-31-18-16-28)25(30)12-11-22-8-3-2-4-9-22/h2-5,8-10,19-21H,6-7,11-18H2,1H3. The van der Waals surface area contributed by atoms with E-state index >= 15 is 0 Å². The Balaban J connectivity index is 1.43. The van der Waals surface area contributed by atoms with Crippen LogP contribution >= 0.6 is 11.3 Å². The molecular weight excluding hydrogens is 418 g/mol. The molecule has 5 nitrogen and oxygen atoms in total. The molecule has 1 atom stereocenters. The van der Waals surface area contributed by atoms with Crippen LogP contribution in [0.5, 0.6) is 0 Å². The lowest BCUT2D eigenvalue weighted by Crippen LogP contribution is -2.39. The Labute approximate surface area is 195 Å². The Morgan fingerprint density at radius 2 is 2.06 bits per heavy atom. The number of nitrogens with zero attached hydrogens (tertiary/aromatic N) is 3. The predicted octanol–water partition coefficient (Wildman–Crippen LogP) is 4.81. The summed E-state index contributed by atoms with van der Waals surface area (Å²) in [5.74, 6) is 0.676. The van der Waals surface area contributed by atoms with Crippen LogP contribution in [0.4, 0.5) is 5.13 Å². The minimum atomic E-state index is 0.151. The van der Waals surface area contributed by atoms with Gasteiger partial charge in [0, 0.05) is 38.0 Å². The molecule has 1 aliphatic heterocycles. The van der Waals surface area contributed by atoms with Crippen LogP contribution in [0, 0.1) is 5.92 Å². The number of aryl methyl sites for hydroxylation is 1. The lowest BCUT2D eigenvalue weighted by molar-refractivity contribution is -0.118. The molecule has 0 N–H and O–H groups in total. The second-order valence-corrected chi connectivity index (χ2v) is 9.43. The van der Waals surface area contributed by atoms with Crippen molar-refractivity contribution in [1.82, 2.24) is 9.88 Å². The molecule has 1 aromatic heterocycles. The third-order valence-corrected chi connectivity index (χ3v) is 6.88. The van der Waals surface area contributed by atoms with Crippen LogP contribution in [0.1, 0.15) is 37.4 Å². The number of morpholine rings is 1. The summed E-state index contributed by atoms with van der Waals surface area (Å²) in [4.78, 5) is 22.5. The highest BCUT2D eigenvalue weighted by Crippen LogP contribution is 2.29. The zero-order valence-corrected chi connectivity index (χ0v) is 19.7. The van der Waals surface area contributed by atoms with Gasteiger partial charge < -0.3 is 4.74 Å². The van der Waals surface area contributed by atoms with Gasteiger partial charge in [-0.25, -0.2) is 4.98 Å². The van der Waals surface area contributed by atoms with Crippen LogP contribution in [0.3, 0.4) is 0 Å². The summed E-state index contributed by atoms with van der Waals surface area (Å²) in [5.41, 5.74) is 3.33. The van der Waals surface area contributed by atoms with E-state index in [9.17, 15) is 4.79 Å². The molecule has 0 bridgehead atoms. The number of amides is 1. The van der Waals surface area contributed by atoms with Crippen molar-refractivity contribution in [3.63, 3.8) is 0 Å². The summed E-state index contributed by atoms with van der Waals surface area (Å²) in [7, 11) is 0. The average molecular weight is 452 g/mol. The Hall–Kier alpha value is -2.28. The van der Waals surface area contributed by atoms with Gasteiger partial charge >= 0.3 is 0 Å². The predicted molar refractivity (Wildman–Crippen MR) is 132 cm³/mol. The number of rotatable bonds is 9. The highest BCUT2D eigenvalue weighted by molar-refractivity contribution is 7.14. The van der Waals surface area contributed by atoms with Crippen LogP contribution in [0.25, 0.3) is 5.57 Å². The Morgan fingerprint density at radius 3 is 2.84 bits per heavy atom. The highest BCUT2D eigenvalue weighted by Gasteiger charge is 2.21. The molecule has 1 unspecified atom stereocenters. The number of ether oxygens (including phenoxy) is 1. The second kappa shape index (κ2) is 11.5. The number of benzene rings is 1. The molecular formula is C26H33N3O2S. The number of carbonyl (C=O) groups is 1. The molecule has 4 rings (SSSR count). The van der Waals surface area contributed by atoms with Gasteiger partial charge in [-0.3, -0.25) is 14.6 Å². The van der Waals surface area contributed by atoms with E-state index in [1.807, 2.05) is 23.1 Å². The molecule has 1 amide bonds. The first-order chi connectivity index (χ1) is 15.7. The van der Waals surface area contributed by atoms with Gasteiger partial charge in [0.05, 0.1) is 18.9 Å². The molecule has 170 valence electrons. The fourth-order valence-electron chi connectivity index (χ4n) is 4.17. The zero-order valence-electron chi connectivity index (χ0n) is 18.9. The van der Waals surface area contributed by atoms with E-state index in [-0.39, 0.29) is 5.91 Å². The van der Waals surface area contributed by atoms with Crippen LogP contribution in [0.15, 0.2) is 53.9 Å². The molecule has 1 aromatic carbocycles. The third-order valence-electron chi connectivity index (χ3n) is 6.02. The summed E-state index contributed by atoms with van der Waals surface area (Å²) >= 11 is 1.57. The quantitative estimate of drug-likeness (QED) is 0.549. The molecule has 2 aliphatic rings. The lowest BCUT2D eigenvalue weighted by atomic mass is 9.97. The molecule has 2 heterocycles. The van der Waals surface area contributed by atoms with Crippen molar-refractivity contribution < 1.29 is 9.53 Å². The Morgan fingerprint density at radius 1 is 1.25 bits per heavy atom. The molecule has 6 heteroatoms. The van der Waals surface area contributed by atoms with Gasteiger partial charge in [-0.2, -0.15) is 0 Å². The maximum atomic E-state index is 13.3. The molecule has 1 saturated heterocycles. The topological polar surface area (TPSA) is 45.7 Å². The summed E-state index contributed by atoms with van der Waals surface area (Å²) in [5, 5.41) is 2.90. The van der Waals surface area contributed by atoms with Crippen LogP contribution in [-0.4, -0.2) is 55.2 Å². The number of hydrogen-bond donors (Lipinski definition) is 0. The first-order valence-electron chi connectivity index (χ1n) is 11.7. The first-order valence-corrected chi connectivity index (χ1v) is 12.6. The van der Waals surface area contributed by atoms with Crippen molar-refractivity contribution in [2.75, 3.05) is 44.3 Å². The minimum absolute atomic E-state index is 0.151. The molecule has 0 radical (unpaired) electrons. The SMILES string of the molecule is CC1C=C(c2csc(N(CCCN3CCOCC3)C(=O)CCc3ccccc3)n2)C=CC1. The normalized spacial score (nSPS) is 19.0. The molecule has 1 fully saturated rings. The van der Waals surface area contributed by atoms with E-state index in [1.54, 1.807) is 11.3 Å². The number of anilines is 1. The molecule has 0 saturated carbocycles. The molecule has 1 aliphatic carbocycles. The minimum Gasteiger partial charge on any atom is -0.379 e. The second-order valence-electron chi connectivity index (χ2n) is 8.59. The van der Waals surface area contributed by atoms with Crippen LogP contribution in [0.2, 0.25) is 0 Å².